The highest BCUT2D eigenvalue weighted by molar-refractivity contribution is 5.89. The molecule has 2 N–H and O–H groups in total. The highest BCUT2D eigenvalue weighted by Crippen LogP contribution is 2.14. The maximum Gasteiger partial charge on any atom is 0.319 e. The lowest BCUT2D eigenvalue weighted by Gasteiger charge is -2.15. The Balaban J connectivity index is 1.51. The van der Waals surface area contributed by atoms with Gasteiger partial charge in [-0.3, -0.25) is 4.68 Å². The molecule has 0 saturated heterocycles. The molecule has 136 valence electrons. The Morgan fingerprint density at radius 2 is 1.92 bits per heavy atom. The molecule has 2 amide bonds. The molecule has 0 spiro atoms. The van der Waals surface area contributed by atoms with Gasteiger partial charge in [0.05, 0.1) is 5.69 Å². The second-order valence-electron chi connectivity index (χ2n) is 6.69. The summed E-state index contributed by atoms with van der Waals surface area (Å²) in [6, 6.07) is 13.6. The summed E-state index contributed by atoms with van der Waals surface area (Å²) >= 11 is 0. The average molecular weight is 351 g/mol. The molecule has 6 heteroatoms. The van der Waals surface area contributed by atoms with Gasteiger partial charge in [-0.25, -0.2) is 4.79 Å². The van der Waals surface area contributed by atoms with Crippen LogP contribution in [0.25, 0.3) is 5.69 Å². The van der Waals surface area contributed by atoms with Gasteiger partial charge in [0.1, 0.15) is 0 Å². The Labute approximate surface area is 153 Å². The summed E-state index contributed by atoms with van der Waals surface area (Å²) in [7, 11) is 0. The van der Waals surface area contributed by atoms with E-state index in [0.29, 0.717) is 6.54 Å². The predicted molar refractivity (Wildman–Crippen MR) is 104 cm³/mol. The second-order valence-corrected chi connectivity index (χ2v) is 6.69. The molecule has 0 aliphatic rings. The minimum atomic E-state index is -0.199. The molecule has 26 heavy (non-hydrogen) atoms. The maximum absolute atomic E-state index is 12.2. The summed E-state index contributed by atoms with van der Waals surface area (Å²) in [5.74, 6) is 0.282. The van der Waals surface area contributed by atoms with Crippen LogP contribution < -0.4 is 10.6 Å². The van der Waals surface area contributed by atoms with Crippen molar-refractivity contribution >= 4 is 11.7 Å². The number of carbonyl (C=O) groups is 1. The third-order valence-corrected chi connectivity index (χ3v) is 4.21. The van der Waals surface area contributed by atoms with Crippen LogP contribution in [0.2, 0.25) is 0 Å². The number of aromatic nitrogens is 3. The van der Waals surface area contributed by atoms with Crippen LogP contribution in [-0.4, -0.2) is 26.9 Å². The normalized spacial score (nSPS) is 12.0. The molecule has 0 radical (unpaired) electrons. The Hall–Kier alpha value is -3.02. The highest BCUT2D eigenvalue weighted by atomic mass is 16.2. The van der Waals surface area contributed by atoms with Gasteiger partial charge < -0.3 is 15.2 Å². The van der Waals surface area contributed by atoms with E-state index in [4.69, 9.17) is 0 Å². The maximum atomic E-state index is 12.2. The molecule has 3 aromatic rings. The lowest BCUT2D eigenvalue weighted by molar-refractivity contribution is 0.249. The minimum absolute atomic E-state index is 0.199. The number of benzene rings is 1. The van der Waals surface area contributed by atoms with Gasteiger partial charge in [0, 0.05) is 42.6 Å². The molecule has 3 rings (SSSR count). The van der Waals surface area contributed by atoms with Crippen molar-refractivity contribution in [3.63, 3.8) is 0 Å². The lowest BCUT2D eigenvalue weighted by atomic mass is 10.2. The number of urea groups is 1. The molecule has 2 aromatic heterocycles. The fourth-order valence-corrected chi connectivity index (χ4v) is 2.91. The smallest absolute Gasteiger partial charge is 0.319 e. The fraction of sp³-hybridized carbons (Fsp3) is 0.300. The van der Waals surface area contributed by atoms with Crippen LogP contribution in [-0.2, 0) is 6.54 Å². The number of aryl methyl sites for hydroxylation is 2. The van der Waals surface area contributed by atoms with Crippen LogP contribution in [0, 0.1) is 19.8 Å². The van der Waals surface area contributed by atoms with Crippen molar-refractivity contribution in [2.45, 2.75) is 27.3 Å². The predicted octanol–water partition coefficient (Wildman–Crippen LogP) is 3.75. The van der Waals surface area contributed by atoms with E-state index in [1.165, 1.54) is 0 Å². The standard InChI is InChI=1S/C20H25N5O/c1-15(14-25-17(3)11-16(2)23-25)13-21-20(26)22-18-7-6-8-19(12-18)24-9-4-5-10-24/h4-12,15H,13-14H2,1-3H3,(H2,21,22,26). The molecule has 1 atom stereocenters. The number of nitrogens with zero attached hydrogens (tertiary/aromatic N) is 3. The molecule has 2 heterocycles. The number of carbonyl (C=O) groups excluding carboxylic acids is 1. The highest BCUT2D eigenvalue weighted by Gasteiger charge is 2.09. The Bertz CT molecular complexity index is 866. The van der Waals surface area contributed by atoms with Crippen molar-refractivity contribution in [1.29, 1.82) is 0 Å². The Morgan fingerprint density at radius 3 is 2.62 bits per heavy atom. The first-order chi connectivity index (χ1) is 12.5. The number of nitrogens with one attached hydrogen (secondary N) is 2. The first-order valence-corrected chi connectivity index (χ1v) is 8.80. The number of anilines is 1. The van der Waals surface area contributed by atoms with E-state index in [-0.39, 0.29) is 11.9 Å². The van der Waals surface area contributed by atoms with E-state index >= 15 is 0 Å². The van der Waals surface area contributed by atoms with Gasteiger partial charge in [0.2, 0.25) is 0 Å². The van der Waals surface area contributed by atoms with Crippen LogP contribution in [0.4, 0.5) is 10.5 Å². The first kappa shape index (κ1) is 17.8. The third kappa shape index (κ3) is 4.53. The zero-order valence-corrected chi connectivity index (χ0v) is 15.4. The van der Waals surface area contributed by atoms with E-state index in [1.807, 2.05) is 71.9 Å². The van der Waals surface area contributed by atoms with Gasteiger partial charge in [-0.15, -0.1) is 0 Å². The molecule has 1 unspecified atom stereocenters. The Kier molecular flexibility index (Phi) is 5.41. The summed E-state index contributed by atoms with van der Waals surface area (Å²) < 4.78 is 3.99. The van der Waals surface area contributed by atoms with Crippen molar-refractivity contribution in [3.05, 3.63) is 66.2 Å². The van der Waals surface area contributed by atoms with E-state index in [9.17, 15) is 4.79 Å². The third-order valence-electron chi connectivity index (χ3n) is 4.21. The van der Waals surface area contributed by atoms with Gasteiger partial charge in [0.15, 0.2) is 0 Å². The topological polar surface area (TPSA) is 63.9 Å². The molecule has 0 aliphatic carbocycles. The fourth-order valence-electron chi connectivity index (χ4n) is 2.91. The average Bonchev–Trinajstić information content (AvgIpc) is 3.24. The number of hydrogen-bond acceptors (Lipinski definition) is 2. The van der Waals surface area contributed by atoms with Crippen molar-refractivity contribution in [2.75, 3.05) is 11.9 Å². The molecule has 0 fully saturated rings. The van der Waals surface area contributed by atoms with Crippen LogP contribution >= 0.6 is 0 Å². The molecule has 6 nitrogen and oxygen atoms in total. The van der Waals surface area contributed by atoms with Gasteiger partial charge in [-0.2, -0.15) is 5.10 Å². The molecular weight excluding hydrogens is 326 g/mol. The van der Waals surface area contributed by atoms with Gasteiger partial charge in [-0.1, -0.05) is 13.0 Å². The zero-order valence-electron chi connectivity index (χ0n) is 15.4. The summed E-state index contributed by atoms with van der Waals surface area (Å²) in [5.41, 5.74) is 3.93. The van der Waals surface area contributed by atoms with Crippen molar-refractivity contribution in [3.8, 4) is 5.69 Å². The lowest BCUT2D eigenvalue weighted by Crippen LogP contribution is -2.33. The molecular formula is C20H25N5O. The van der Waals surface area contributed by atoms with E-state index in [2.05, 4.69) is 28.7 Å². The first-order valence-electron chi connectivity index (χ1n) is 8.80. The van der Waals surface area contributed by atoms with Crippen molar-refractivity contribution in [2.24, 2.45) is 5.92 Å². The van der Waals surface area contributed by atoms with E-state index in [0.717, 1.165) is 29.3 Å². The van der Waals surface area contributed by atoms with Crippen LogP contribution in [0.5, 0.6) is 0 Å². The molecule has 1 aromatic carbocycles. The zero-order chi connectivity index (χ0) is 18.5. The molecule has 0 aliphatic heterocycles. The summed E-state index contributed by atoms with van der Waals surface area (Å²) in [4.78, 5) is 12.2. The van der Waals surface area contributed by atoms with Crippen LogP contribution in [0.3, 0.4) is 0 Å². The van der Waals surface area contributed by atoms with Crippen molar-refractivity contribution < 1.29 is 4.79 Å². The summed E-state index contributed by atoms with van der Waals surface area (Å²) in [6.07, 6.45) is 3.94. The monoisotopic (exact) mass is 351 g/mol. The molecule has 0 saturated carbocycles. The second kappa shape index (κ2) is 7.91. The SMILES string of the molecule is Cc1cc(C)n(CC(C)CNC(=O)Nc2cccc(-n3cccc3)c2)n1. The minimum Gasteiger partial charge on any atom is -0.338 e. The van der Waals surface area contributed by atoms with E-state index < -0.39 is 0 Å². The Morgan fingerprint density at radius 1 is 1.15 bits per heavy atom. The number of amides is 2. The van der Waals surface area contributed by atoms with Crippen LogP contribution in [0.15, 0.2) is 54.9 Å². The van der Waals surface area contributed by atoms with Crippen molar-refractivity contribution in [1.82, 2.24) is 19.7 Å². The van der Waals surface area contributed by atoms with E-state index in [1.54, 1.807) is 0 Å². The molecule has 0 bridgehead atoms. The van der Waals surface area contributed by atoms with Gasteiger partial charge in [0.25, 0.3) is 0 Å². The summed E-state index contributed by atoms with van der Waals surface area (Å²) in [6.45, 7) is 7.50. The van der Waals surface area contributed by atoms with Gasteiger partial charge >= 0.3 is 6.03 Å². The largest absolute Gasteiger partial charge is 0.338 e. The summed E-state index contributed by atoms with van der Waals surface area (Å²) in [5, 5.41) is 10.3. The number of rotatable bonds is 6. The van der Waals surface area contributed by atoms with Crippen LogP contribution in [0.1, 0.15) is 18.3 Å². The van der Waals surface area contributed by atoms with Gasteiger partial charge in [-0.05, 0) is 56.2 Å². The quantitative estimate of drug-likeness (QED) is 0.710. The number of hydrogen-bond donors (Lipinski definition) is 2.